The molecule has 0 aliphatic heterocycles. The second-order valence-electron chi connectivity index (χ2n) is 7.32. The topological polar surface area (TPSA) is 92.6 Å². The molecule has 1 unspecified atom stereocenters. The van der Waals surface area contributed by atoms with Crippen molar-refractivity contribution in [2.45, 2.75) is 71.7 Å². The predicted octanol–water partition coefficient (Wildman–Crippen LogP) is 3.03. The third kappa shape index (κ3) is 9.01. The second-order valence-corrected chi connectivity index (χ2v) is 7.32. The minimum absolute atomic E-state index is 0.0893. The summed E-state index contributed by atoms with van der Waals surface area (Å²) in [6.07, 6.45) is 4.83. The summed E-state index contributed by atoms with van der Waals surface area (Å²) in [6.45, 7) is 5.27. The van der Waals surface area contributed by atoms with E-state index in [0.717, 1.165) is 23.8 Å². The maximum atomic E-state index is 12.9. The summed E-state index contributed by atoms with van der Waals surface area (Å²) in [5.41, 5.74) is -0.569. The zero-order valence-corrected chi connectivity index (χ0v) is 17.3. The summed E-state index contributed by atoms with van der Waals surface area (Å²) >= 11 is 0. The Morgan fingerprint density at radius 3 is 2.64 bits per heavy atom. The fourth-order valence-electron chi connectivity index (χ4n) is 2.41. The molecule has 10 heteroatoms. The quantitative estimate of drug-likeness (QED) is 0.436. The van der Waals surface area contributed by atoms with E-state index >= 15 is 0 Å². The Balaban J connectivity index is 2.61. The molecule has 1 heterocycles. The number of imidazole rings is 1. The van der Waals surface area contributed by atoms with Gasteiger partial charge < -0.3 is 20.7 Å². The number of carbonyl (C=O) groups is 1. The lowest BCUT2D eigenvalue weighted by molar-refractivity contribution is 0.0522. The number of guanidine groups is 1. The van der Waals surface area contributed by atoms with E-state index in [0.29, 0.717) is 12.5 Å². The molecule has 1 atom stereocenters. The molecule has 0 aromatic carbocycles. The summed E-state index contributed by atoms with van der Waals surface area (Å²) in [6, 6.07) is -0.0893. The van der Waals surface area contributed by atoms with Gasteiger partial charge in [-0.25, -0.2) is 9.78 Å². The van der Waals surface area contributed by atoms with Gasteiger partial charge in [0.05, 0.1) is 6.54 Å². The number of aliphatic imine (C=N–C) groups is 1. The molecule has 1 rings (SSSR count). The number of aromatic nitrogens is 2. The number of ether oxygens (including phenoxy) is 1. The summed E-state index contributed by atoms with van der Waals surface area (Å²) in [5, 5.41) is 8.94. The van der Waals surface area contributed by atoms with Gasteiger partial charge in [0.2, 0.25) is 0 Å². The smallest absolute Gasteiger partial charge is 0.407 e. The highest BCUT2D eigenvalue weighted by atomic mass is 19.3. The first kappa shape index (κ1) is 23.6. The van der Waals surface area contributed by atoms with Crippen LogP contribution < -0.4 is 16.0 Å². The molecular weight excluding hydrogens is 370 g/mol. The van der Waals surface area contributed by atoms with Crippen LogP contribution in [0.2, 0.25) is 0 Å². The predicted molar refractivity (Wildman–Crippen MR) is 104 cm³/mol. The van der Waals surface area contributed by atoms with Gasteiger partial charge in [0.15, 0.2) is 5.96 Å². The number of nitrogens with one attached hydrogen (secondary N) is 3. The molecule has 0 aliphatic rings. The number of hydrogen-bond donors (Lipinski definition) is 3. The zero-order valence-electron chi connectivity index (χ0n) is 17.3. The number of unbranched alkanes of at least 4 members (excludes halogenated alkanes) is 1. The maximum absolute atomic E-state index is 12.9. The summed E-state index contributed by atoms with van der Waals surface area (Å²) in [5.74, 6) is 0.644. The van der Waals surface area contributed by atoms with Crippen molar-refractivity contribution in [2.75, 3.05) is 13.6 Å². The van der Waals surface area contributed by atoms with E-state index in [-0.39, 0.29) is 18.4 Å². The lowest BCUT2D eigenvalue weighted by Crippen LogP contribution is -2.49. The Morgan fingerprint density at radius 1 is 1.36 bits per heavy atom. The molecule has 0 spiro atoms. The molecule has 160 valence electrons. The van der Waals surface area contributed by atoms with Crippen LogP contribution in [-0.2, 0) is 11.3 Å². The monoisotopic (exact) mass is 402 g/mol. The molecule has 1 amide bonds. The zero-order chi connectivity index (χ0) is 21.2. The third-order valence-electron chi connectivity index (χ3n) is 3.74. The van der Waals surface area contributed by atoms with E-state index in [4.69, 9.17) is 4.74 Å². The molecule has 0 bridgehead atoms. The Kier molecular flexibility index (Phi) is 9.67. The minimum atomic E-state index is -2.65. The summed E-state index contributed by atoms with van der Waals surface area (Å²) < 4.78 is 31.9. The molecule has 0 radical (unpaired) electrons. The van der Waals surface area contributed by atoms with Crippen molar-refractivity contribution in [1.82, 2.24) is 25.5 Å². The maximum Gasteiger partial charge on any atom is 0.407 e. The van der Waals surface area contributed by atoms with Gasteiger partial charge in [-0.3, -0.25) is 9.56 Å². The highest BCUT2D eigenvalue weighted by Crippen LogP contribution is 2.12. The SMILES string of the molecule is CCCCC(CNC(=O)OC(C)(C)C)NC(=NC)NCc1nccn1C(F)F. The van der Waals surface area contributed by atoms with Crippen LogP contribution in [0.5, 0.6) is 0 Å². The average Bonchev–Trinajstić information content (AvgIpc) is 3.07. The van der Waals surface area contributed by atoms with Gasteiger partial charge in [-0.1, -0.05) is 19.8 Å². The number of nitrogens with zero attached hydrogens (tertiary/aromatic N) is 3. The van der Waals surface area contributed by atoms with Crippen LogP contribution in [0.3, 0.4) is 0 Å². The van der Waals surface area contributed by atoms with Crippen LogP contribution >= 0.6 is 0 Å². The first-order valence-corrected chi connectivity index (χ1v) is 9.40. The molecule has 0 saturated heterocycles. The van der Waals surface area contributed by atoms with Gasteiger partial charge in [0.25, 0.3) is 0 Å². The van der Waals surface area contributed by atoms with Crippen LogP contribution in [0.25, 0.3) is 0 Å². The third-order valence-corrected chi connectivity index (χ3v) is 3.74. The van der Waals surface area contributed by atoms with E-state index in [9.17, 15) is 13.6 Å². The van der Waals surface area contributed by atoms with Gasteiger partial charge in [-0.15, -0.1) is 0 Å². The molecule has 8 nitrogen and oxygen atoms in total. The van der Waals surface area contributed by atoms with Gasteiger partial charge in [-0.05, 0) is 27.2 Å². The fraction of sp³-hybridized carbons (Fsp3) is 0.722. The van der Waals surface area contributed by atoms with Crippen LogP contribution in [-0.4, -0.2) is 46.8 Å². The minimum Gasteiger partial charge on any atom is -0.444 e. The highest BCUT2D eigenvalue weighted by Gasteiger charge is 2.18. The molecule has 28 heavy (non-hydrogen) atoms. The Morgan fingerprint density at radius 2 is 2.07 bits per heavy atom. The molecule has 1 aromatic heterocycles. The van der Waals surface area contributed by atoms with Crippen molar-refractivity contribution in [3.05, 3.63) is 18.2 Å². The number of alkyl halides is 2. The van der Waals surface area contributed by atoms with Crippen LogP contribution in [0.1, 0.15) is 59.3 Å². The van der Waals surface area contributed by atoms with E-state index in [1.165, 1.54) is 12.4 Å². The van der Waals surface area contributed by atoms with Crippen molar-refractivity contribution in [3.63, 3.8) is 0 Å². The van der Waals surface area contributed by atoms with Gasteiger partial charge >= 0.3 is 12.6 Å². The van der Waals surface area contributed by atoms with Crippen LogP contribution in [0.4, 0.5) is 13.6 Å². The van der Waals surface area contributed by atoms with Crippen molar-refractivity contribution in [1.29, 1.82) is 0 Å². The summed E-state index contributed by atoms with van der Waals surface area (Å²) in [4.78, 5) is 19.9. The van der Waals surface area contributed by atoms with E-state index < -0.39 is 18.2 Å². The Hall–Kier alpha value is -2.39. The number of halogens is 2. The Bertz CT molecular complexity index is 628. The summed E-state index contributed by atoms with van der Waals surface area (Å²) in [7, 11) is 1.59. The molecular formula is C18H32F2N6O2. The molecule has 0 aliphatic carbocycles. The second kappa shape index (κ2) is 11.5. The van der Waals surface area contributed by atoms with Gasteiger partial charge in [0, 0.05) is 32.0 Å². The lowest BCUT2D eigenvalue weighted by atomic mass is 10.1. The molecule has 0 fully saturated rings. The Labute approximate surface area is 165 Å². The standard InChI is InChI=1S/C18H32F2N6O2/c1-6-7-8-13(11-24-17(27)28-18(2,3)4)25-16(21-5)23-12-14-22-9-10-26(14)15(19)20/h9-10,13,15H,6-8,11-12H2,1-5H3,(H,24,27)(H2,21,23,25). The van der Waals surface area contributed by atoms with E-state index in [1.54, 1.807) is 27.8 Å². The number of carbonyl (C=O) groups excluding carboxylic acids is 1. The first-order chi connectivity index (χ1) is 13.2. The first-order valence-electron chi connectivity index (χ1n) is 9.40. The van der Waals surface area contributed by atoms with Crippen molar-refractivity contribution < 1.29 is 18.3 Å². The largest absolute Gasteiger partial charge is 0.444 e. The van der Waals surface area contributed by atoms with Crippen molar-refractivity contribution >= 4 is 12.1 Å². The highest BCUT2D eigenvalue weighted by molar-refractivity contribution is 5.80. The number of rotatable bonds is 9. The van der Waals surface area contributed by atoms with E-state index in [2.05, 4.69) is 32.9 Å². The van der Waals surface area contributed by atoms with Crippen LogP contribution in [0.15, 0.2) is 17.4 Å². The molecule has 3 N–H and O–H groups in total. The molecule has 1 aromatic rings. The van der Waals surface area contributed by atoms with Gasteiger partial charge in [-0.2, -0.15) is 8.78 Å². The van der Waals surface area contributed by atoms with Crippen molar-refractivity contribution in [3.8, 4) is 0 Å². The van der Waals surface area contributed by atoms with Gasteiger partial charge in [0.1, 0.15) is 11.4 Å². The number of amides is 1. The van der Waals surface area contributed by atoms with Crippen LogP contribution in [0, 0.1) is 0 Å². The average molecular weight is 402 g/mol. The number of hydrogen-bond acceptors (Lipinski definition) is 4. The van der Waals surface area contributed by atoms with Crippen molar-refractivity contribution in [2.24, 2.45) is 4.99 Å². The number of alkyl carbamates (subject to hydrolysis) is 1. The normalized spacial score (nSPS) is 13.4. The lowest BCUT2D eigenvalue weighted by Gasteiger charge is -2.24. The van der Waals surface area contributed by atoms with E-state index in [1.807, 2.05) is 0 Å². The molecule has 0 saturated carbocycles. The fourth-order valence-corrected chi connectivity index (χ4v) is 2.41.